The predicted molar refractivity (Wildman–Crippen MR) is 148 cm³/mol. The number of aliphatic carboxylic acids is 1. The lowest BCUT2D eigenvalue weighted by Gasteiger charge is -2.33. The van der Waals surface area contributed by atoms with Gasteiger partial charge in [0.15, 0.2) is 0 Å². The first-order valence-corrected chi connectivity index (χ1v) is 12.3. The van der Waals surface area contributed by atoms with Crippen LogP contribution in [0.4, 0.5) is 14.9 Å². The van der Waals surface area contributed by atoms with Crippen molar-refractivity contribution in [3.05, 3.63) is 83.3 Å². The van der Waals surface area contributed by atoms with E-state index >= 15 is 0 Å². The second-order valence-corrected chi connectivity index (χ2v) is 8.94. The lowest BCUT2D eigenvalue weighted by atomic mass is 10.2. The molecule has 1 aliphatic heterocycles. The van der Waals surface area contributed by atoms with E-state index in [-0.39, 0.29) is 31.8 Å². The molecule has 2 N–H and O–H groups in total. The molecule has 0 bridgehead atoms. The average Bonchev–Trinajstić information content (AvgIpc) is 2.94. The minimum atomic E-state index is -1.02. The minimum Gasteiger partial charge on any atom is -0.481 e. The van der Waals surface area contributed by atoms with Gasteiger partial charge in [-0.3, -0.25) is 10.1 Å². The van der Waals surface area contributed by atoms with E-state index in [1.165, 1.54) is 30.0 Å². The van der Waals surface area contributed by atoms with E-state index in [2.05, 4.69) is 28.1 Å². The van der Waals surface area contributed by atoms with Gasteiger partial charge in [0.25, 0.3) is 0 Å². The average molecular weight is 568 g/mol. The Hall–Kier alpha value is -4.66. The summed E-state index contributed by atoms with van der Waals surface area (Å²) in [7, 11) is 0. The monoisotopic (exact) mass is 567 g/mol. The lowest BCUT2D eigenvalue weighted by Crippen LogP contribution is -2.54. The molecule has 1 fully saturated rings. The van der Waals surface area contributed by atoms with E-state index in [0.29, 0.717) is 23.0 Å². The van der Waals surface area contributed by atoms with Crippen molar-refractivity contribution in [2.45, 2.75) is 13.5 Å². The van der Waals surface area contributed by atoms with Crippen LogP contribution >= 0.6 is 11.6 Å². The van der Waals surface area contributed by atoms with Crippen LogP contribution in [0.5, 0.6) is 11.6 Å². The number of carboxylic acid groups (broad SMARTS) is 1. The molecule has 1 aromatic heterocycles. The Kier molecular flexibility index (Phi) is 10.8. The van der Waals surface area contributed by atoms with Gasteiger partial charge >= 0.3 is 12.0 Å². The normalized spacial score (nSPS) is 15.2. The molecule has 3 aromatic rings. The van der Waals surface area contributed by atoms with Gasteiger partial charge in [0.05, 0.1) is 11.6 Å². The van der Waals surface area contributed by atoms with Crippen LogP contribution in [0.15, 0.2) is 71.7 Å². The number of guanidine groups is 1. The van der Waals surface area contributed by atoms with Gasteiger partial charge in [0.1, 0.15) is 19.2 Å². The highest BCUT2D eigenvalue weighted by atomic mass is 35.5. The summed E-state index contributed by atoms with van der Waals surface area (Å²) in [5.41, 5.74) is 1.40. The maximum atomic E-state index is 13.3. The van der Waals surface area contributed by atoms with Crippen molar-refractivity contribution in [2.24, 2.45) is 10.9 Å². The van der Waals surface area contributed by atoms with Crippen molar-refractivity contribution in [3.63, 3.8) is 0 Å². The van der Waals surface area contributed by atoms with E-state index in [4.69, 9.17) is 21.1 Å². The molecule has 12 heteroatoms. The number of ether oxygens (including phenoxy) is 2. The first-order valence-electron chi connectivity index (χ1n) is 11.9. The quantitative estimate of drug-likeness (QED) is 0.288. The van der Waals surface area contributed by atoms with Crippen molar-refractivity contribution >= 4 is 35.2 Å². The van der Waals surface area contributed by atoms with E-state index in [1.807, 2.05) is 12.1 Å². The molecule has 4 rings (SSSR count). The molecular formula is C28H27ClFN5O5. The number of hydrogen-bond acceptors (Lipinski definition) is 6. The molecule has 0 unspecified atom stereocenters. The zero-order chi connectivity index (χ0) is 29.1. The number of aliphatic imine (C=N–C) groups is 1. The van der Waals surface area contributed by atoms with Crippen molar-refractivity contribution in [3.8, 4) is 24.5 Å². The SMILES string of the molecule is C#C.C[C@@H](CN1COCN(Cc2ccc(Cl)cc2)C(=Nc2ccc(Oc3cccc(F)n3)cc2)NC1=O)C(=O)O. The van der Waals surface area contributed by atoms with Gasteiger partial charge in [-0.25, -0.2) is 9.79 Å². The van der Waals surface area contributed by atoms with Gasteiger partial charge in [0, 0.05) is 24.2 Å². The number of carbonyl (C=O) groups excluding carboxylic acids is 1. The van der Waals surface area contributed by atoms with Crippen molar-refractivity contribution < 1.29 is 28.6 Å². The second-order valence-electron chi connectivity index (χ2n) is 8.51. The number of halogens is 2. The molecular weight excluding hydrogens is 541 g/mol. The summed E-state index contributed by atoms with van der Waals surface area (Å²) in [5, 5.41) is 12.6. The molecule has 2 amide bonds. The Morgan fingerprint density at radius 3 is 2.48 bits per heavy atom. The van der Waals surface area contributed by atoms with Gasteiger partial charge in [-0.2, -0.15) is 9.37 Å². The standard InChI is InChI=1S/C26H25ClFN5O5.C2H2/c1-17(24(34)35)13-33-16-37-15-32(14-18-5-7-19(27)8-6-18)25(31-26(33)36)29-20-9-11-21(12-10-20)38-23-4-2-3-22(28)30-23;1-2/h2-12,17H,13-16H2,1H3,(H,34,35)(H,29,31,36);1-2H/t17-;/m0./s1. The summed E-state index contributed by atoms with van der Waals surface area (Å²) in [6.07, 6.45) is 8.00. The van der Waals surface area contributed by atoms with Gasteiger partial charge < -0.3 is 24.4 Å². The molecule has 208 valence electrons. The predicted octanol–water partition coefficient (Wildman–Crippen LogP) is 5.08. The van der Waals surface area contributed by atoms with Crippen LogP contribution in [0.2, 0.25) is 5.02 Å². The summed E-state index contributed by atoms with van der Waals surface area (Å²) in [6.45, 7) is 1.82. The topological polar surface area (TPSA) is 117 Å². The number of nitrogens with zero attached hydrogens (tertiary/aromatic N) is 4. The molecule has 0 aliphatic carbocycles. The molecule has 0 spiro atoms. The van der Waals surface area contributed by atoms with Gasteiger partial charge in [-0.15, -0.1) is 12.8 Å². The molecule has 2 aromatic carbocycles. The Morgan fingerprint density at radius 1 is 1.15 bits per heavy atom. The van der Waals surface area contributed by atoms with Crippen molar-refractivity contribution in [1.82, 2.24) is 20.1 Å². The first kappa shape index (κ1) is 29.9. The molecule has 1 atom stereocenters. The molecule has 0 saturated carbocycles. The second kappa shape index (κ2) is 14.5. The highest BCUT2D eigenvalue weighted by Crippen LogP contribution is 2.23. The number of carboxylic acids is 1. The fourth-order valence-electron chi connectivity index (χ4n) is 3.49. The minimum absolute atomic E-state index is 0.0359. The zero-order valence-corrected chi connectivity index (χ0v) is 22.3. The molecule has 1 aliphatic rings. The number of urea groups is 1. The van der Waals surface area contributed by atoms with Crippen LogP contribution in [0, 0.1) is 24.7 Å². The number of amides is 2. The third kappa shape index (κ3) is 8.69. The van der Waals surface area contributed by atoms with Gasteiger partial charge in [0.2, 0.25) is 17.8 Å². The Labute approximate surface area is 236 Å². The third-order valence-electron chi connectivity index (χ3n) is 5.49. The first-order chi connectivity index (χ1) is 19.3. The highest BCUT2D eigenvalue weighted by Gasteiger charge is 2.26. The number of nitrogens with one attached hydrogen (secondary N) is 1. The number of benzene rings is 2. The molecule has 40 heavy (non-hydrogen) atoms. The largest absolute Gasteiger partial charge is 0.481 e. The molecule has 1 saturated heterocycles. The number of aromatic nitrogens is 1. The molecule has 2 heterocycles. The third-order valence-corrected chi connectivity index (χ3v) is 5.74. The fraction of sp³-hybridized carbons (Fsp3) is 0.214. The Morgan fingerprint density at radius 2 is 1.82 bits per heavy atom. The molecule has 0 radical (unpaired) electrons. The van der Waals surface area contributed by atoms with Crippen LogP contribution in [0.25, 0.3) is 0 Å². The maximum Gasteiger partial charge on any atom is 0.326 e. The van der Waals surface area contributed by atoms with E-state index < -0.39 is 23.9 Å². The Bertz CT molecular complexity index is 1350. The summed E-state index contributed by atoms with van der Waals surface area (Å²) < 4.78 is 24.7. The smallest absolute Gasteiger partial charge is 0.326 e. The number of rotatable bonds is 8. The van der Waals surface area contributed by atoms with E-state index in [1.54, 1.807) is 41.3 Å². The number of pyridine rings is 1. The van der Waals surface area contributed by atoms with Crippen LogP contribution in [0.3, 0.4) is 0 Å². The lowest BCUT2D eigenvalue weighted by molar-refractivity contribution is -0.141. The van der Waals surface area contributed by atoms with Crippen LogP contribution in [-0.4, -0.2) is 57.9 Å². The van der Waals surface area contributed by atoms with E-state index in [9.17, 15) is 19.1 Å². The zero-order valence-electron chi connectivity index (χ0n) is 21.5. The van der Waals surface area contributed by atoms with Gasteiger partial charge in [-0.1, -0.05) is 36.7 Å². The summed E-state index contributed by atoms with van der Waals surface area (Å²) >= 11 is 6.01. The van der Waals surface area contributed by atoms with E-state index in [0.717, 1.165) is 5.56 Å². The van der Waals surface area contributed by atoms with Gasteiger partial charge in [-0.05, 0) is 48.0 Å². The number of terminal acetylenes is 1. The fourth-order valence-corrected chi connectivity index (χ4v) is 3.61. The number of hydrogen-bond donors (Lipinski definition) is 2. The van der Waals surface area contributed by atoms with Crippen LogP contribution < -0.4 is 10.1 Å². The van der Waals surface area contributed by atoms with Crippen molar-refractivity contribution in [2.75, 3.05) is 20.0 Å². The Balaban J connectivity index is 0.00000216. The summed E-state index contributed by atoms with van der Waals surface area (Å²) in [4.78, 5) is 35.6. The summed E-state index contributed by atoms with van der Waals surface area (Å²) in [6, 6.07) is 17.5. The van der Waals surface area contributed by atoms with Crippen LogP contribution in [-0.2, 0) is 16.1 Å². The summed E-state index contributed by atoms with van der Waals surface area (Å²) in [5.74, 6) is -1.72. The van der Waals surface area contributed by atoms with Crippen molar-refractivity contribution in [1.29, 1.82) is 0 Å². The maximum absolute atomic E-state index is 13.3. The highest BCUT2D eigenvalue weighted by molar-refractivity contribution is 6.30. The number of carbonyl (C=O) groups is 2. The molecule has 10 nitrogen and oxygen atoms in total. The van der Waals surface area contributed by atoms with Crippen LogP contribution in [0.1, 0.15) is 12.5 Å².